The summed E-state index contributed by atoms with van der Waals surface area (Å²) >= 11 is 1.27. The number of hydrogen-bond donors (Lipinski definition) is 1. The van der Waals surface area contributed by atoms with Gasteiger partial charge in [0.25, 0.3) is 11.5 Å². The maximum atomic E-state index is 13.7. The molecule has 0 spiro atoms. The van der Waals surface area contributed by atoms with Crippen molar-refractivity contribution in [3.63, 3.8) is 0 Å². The quantitative estimate of drug-likeness (QED) is 0.451. The van der Waals surface area contributed by atoms with Crippen LogP contribution in [0.15, 0.2) is 34.0 Å². The van der Waals surface area contributed by atoms with E-state index < -0.39 is 23.3 Å². The van der Waals surface area contributed by atoms with E-state index in [9.17, 15) is 19.5 Å². The molecule has 1 saturated heterocycles. The molecule has 1 amide bonds. The van der Waals surface area contributed by atoms with Gasteiger partial charge in [-0.2, -0.15) is 0 Å². The van der Waals surface area contributed by atoms with Crippen molar-refractivity contribution in [1.82, 2.24) is 23.7 Å². The Kier molecular flexibility index (Phi) is 5.86. The lowest BCUT2D eigenvalue weighted by molar-refractivity contribution is -0.0778. The summed E-state index contributed by atoms with van der Waals surface area (Å²) in [5, 5.41) is 12.2. The molecule has 0 aromatic carbocycles. The third-order valence-corrected chi connectivity index (χ3v) is 7.39. The predicted molar refractivity (Wildman–Crippen MR) is 133 cm³/mol. The minimum atomic E-state index is -0.797. The van der Waals surface area contributed by atoms with E-state index in [4.69, 9.17) is 4.84 Å². The van der Waals surface area contributed by atoms with E-state index in [0.717, 1.165) is 26.4 Å². The summed E-state index contributed by atoms with van der Waals surface area (Å²) in [5.74, 6) is -0.355. The second-order valence-corrected chi connectivity index (χ2v) is 10.4. The third kappa shape index (κ3) is 3.89. The molecule has 0 aliphatic carbocycles. The van der Waals surface area contributed by atoms with Gasteiger partial charge in [0.1, 0.15) is 23.2 Å². The highest BCUT2D eigenvalue weighted by atomic mass is 32.1. The zero-order chi connectivity index (χ0) is 25.0. The summed E-state index contributed by atoms with van der Waals surface area (Å²) < 4.78 is 4.62. The molecule has 4 aromatic rings. The lowest BCUT2D eigenvalue weighted by atomic mass is 10.1. The maximum Gasteiger partial charge on any atom is 0.331 e. The van der Waals surface area contributed by atoms with Gasteiger partial charge >= 0.3 is 5.69 Å². The molecular weight excluding hydrogens is 470 g/mol. The monoisotopic (exact) mass is 497 g/mol. The molecule has 0 bridgehead atoms. The summed E-state index contributed by atoms with van der Waals surface area (Å²) in [6, 6.07) is 5.86. The van der Waals surface area contributed by atoms with Gasteiger partial charge in [0.15, 0.2) is 0 Å². The number of thiophene rings is 1. The molecular formula is C24H27N5O5S. The minimum Gasteiger partial charge on any atom is -0.389 e. The number of nitrogens with zero attached hydrogens (tertiary/aromatic N) is 5. The van der Waals surface area contributed by atoms with Crippen LogP contribution in [0.3, 0.4) is 0 Å². The van der Waals surface area contributed by atoms with Gasteiger partial charge in [-0.15, -0.1) is 11.3 Å². The molecule has 1 aliphatic heterocycles. The summed E-state index contributed by atoms with van der Waals surface area (Å²) in [5.41, 5.74) is 0.980. The number of carbonyl (C=O) groups excluding carboxylic acids is 1. The van der Waals surface area contributed by atoms with Gasteiger partial charge < -0.3 is 9.67 Å². The van der Waals surface area contributed by atoms with Gasteiger partial charge in [-0.1, -0.05) is 13.8 Å². The number of carbonyl (C=O) groups is 1. The average molecular weight is 498 g/mol. The van der Waals surface area contributed by atoms with Crippen LogP contribution in [0.25, 0.3) is 21.3 Å². The molecule has 0 radical (unpaired) electrons. The highest BCUT2D eigenvalue weighted by Crippen LogP contribution is 2.33. The van der Waals surface area contributed by atoms with Crippen LogP contribution in [-0.2, 0) is 25.0 Å². The molecule has 0 saturated carbocycles. The fourth-order valence-corrected chi connectivity index (χ4v) is 5.81. The Morgan fingerprint density at radius 1 is 1.31 bits per heavy atom. The van der Waals surface area contributed by atoms with E-state index in [1.54, 1.807) is 10.8 Å². The van der Waals surface area contributed by atoms with Gasteiger partial charge in [0.05, 0.1) is 24.0 Å². The average Bonchev–Trinajstić information content (AvgIpc) is 3.50. The Hall–Kier alpha value is -3.28. The molecule has 5 rings (SSSR count). The van der Waals surface area contributed by atoms with Crippen molar-refractivity contribution >= 4 is 38.5 Å². The van der Waals surface area contributed by atoms with Crippen LogP contribution in [0.4, 0.5) is 0 Å². The molecule has 1 N–H and O–H groups in total. The largest absolute Gasteiger partial charge is 0.389 e. The Bertz CT molecular complexity index is 1580. The van der Waals surface area contributed by atoms with Crippen LogP contribution in [0.2, 0.25) is 0 Å². The number of aliphatic hydroxyl groups is 1. The molecule has 1 aliphatic rings. The second-order valence-electron chi connectivity index (χ2n) is 9.34. The Morgan fingerprint density at radius 2 is 2.09 bits per heavy atom. The zero-order valence-corrected chi connectivity index (χ0v) is 20.8. The van der Waals surface area contributed by atoms with Crippen molar-refractivity contribution < 1.29 is 14.7 Å². The smallest absolute Gasteiger partial charge is 0.331 e. The summed E-state index contributed by atoms with van der Waals surface area (Å²) in [7, 11) is 1.43. The number of aliphatic hydroxyl groups excluding tert-OH is 1. The highest BCUT2D eigenvalue weighted by Gasteiger charge is 2.33. The molecule has 11 heteroatoms. The van der Waals surface area contributed by atoms with Crippen molar-refractivity contribution in [3.8, 4) is 0 Å². The summed E-state index contributed by atoms with van der Waals surface area (Å²) in [6.07, 6.45) is 0.916. The molecule has 35 heavy (non-hydrogen) atoms. The van der Waals surface area contributed by atoms with Gasteiger partial charge in [-0.25, -0.2) is 14.8 Å². The number of pyridine rings is 1. The van der Waals surface area contributed by atoms with Gasteiger partial charge in [-0.3, -0.25) is 23.6 Å². The minimum absolute atomic E-state index is 0.00444. The number of rotatable bonds is 5. The number of hydrogen-bond acceptors (Lipinski definition) is 7. The van der Waals surface area contributed by atoms with E-state index in [0.29, 0.717) is 22.8 Å². The van der Waals surface area contributed by atoms with E-state index in [2.05, 4.69) is 4.98 Å². The number of fused-ring (bicyclic) bond motifs is 2. The lowest BCUT2D eigenvalue weighted by Crippen LogP contribution is -2.39. The van der Waals surface area contributed by atoms with Crippen molar-refractivity contribution in [2.45, 2.75) is 40.0 Å². The first-order chi connectivity index (χ1) is 16.7. The maximum absolute atomic E-state index is 13.7. The first-order valence-electron chi connectivity index (χ1n) is 11.5. The SMILES string of the molecule is Cc1cc2cccnc2n1Cc1sc2c(c1C(=O)N1C[C@H](O)CO1)c(=O)n(C)c(=O)n2CC(C)C. The lowest BCUT2D eigenvalue weighted by Gasteiger charge is -2.16. The van der Waals surface area contributed by atoms with Crippen molar-refractivity contribution in [1.29, 1.82) is 0 Å². The Balaban J connectivity index is 1.78. The van der Waals surface area contributed by atoms with Crippen LogP contribution in [-0.4, -0.2) is 54.0 Å². The van der Waals surface area contributed by atoms with E-state index in [-0.39, 0.29) is 30.0 Å². The topological polar surface area (TPSA) is 112 Å². The molecule has 4 aromatic heterocycles. The van der Waals surface area contributed by atoms with E-state index in [1.165, 1.54) is 18.4 Å². The van der Waals surface area contributed by atoms with Gasteiger partial charge in [0.2, 0.25) is 0 Å². The molecule has 5 heterocycles. The molecule has 0 unspecified atom stereocenters. The molecule has 10 nitrogen and oxygen atoms in total. The number of β-amino-alcohol motifs (C(OH)–C–C–N with tert-alkyl or cyclic N) is 1. The predicted octanol–water partition coefficient (Wildman–Crippen LogP) is 1.87. The summed E-state index contributed by atoms with van der Waals surface area (Å²) in [6.45, 7) is 6.66. The first kappa shape index (κ1) is 23.5. The Morgan fingerprint density at radius 3 is 2.77 bits per heavy atom. The van der Waals surface area contributed by atoms with Crippen molar-refractivity contribution in [3.05, 3.63) is 61.4 Å². The second kappa shape index (κ2) is 8.74. The molecule has 1 fully saturated rings. The van der Waals surface area contributed by atoms with Crippen LogP contribution in [0, 0.1) is 12.8 Å². The van der Waals surface area contributed by atoms with Crippen LogP contribution < -0.4 is 11.2 Å². The normalized spacial score (nSPS) is 16.3. The fraction of sp³-hybridized carbons (Fsp3) is 0.417. The zero-order valence-electron chi connectivity index (χ0n) is 20.0. The van der Waals surface area contributed by atoms with Gasteiger partial charge in [-0.05, 0) is 31.0 Å². The van der Waals surface area contributed by atoms with Crippen molar-refractivity contribution in [2.75, 3.05) is 13.2 Å². The number of aromatic nitrogens is 4. The standard InChI is InChI=1S/C24H27N5O5S/c1-13(2)9-28-23-19(21(31)26(4)24(28)33)18(22(32)29-10-16(30)12-34-29)17(35-23)11-27-14(3)8-15-6-5-7-25-20(15)27/h5-8,13,16,30H,9-12H2,1-4H3/t16-/m0/s1. The summed E-state index contributed by atoms with van der Waals surface area (Å²) in [4.78, 5) is 51.1. The first-order valence-corrected chi connectivity index (χ1v) is 12.3. The van der Waals surface area contributed by atoms with Crippen LogP contribution in [0.5, 0.6) is 0 Å². The Labute approximate surface area is 204 Å². The van der Waals surface area contributed by atoms with Crippen LogP contribution in [0.1, 0.15) is 34.8 Å². The number of amides is 1. The third-order valence-electron chi connectivity index (χ3n) is 6.20. The van der Waals surface area contributed by atoms with Crippen LogP contribution >= 0.6 is 11.3 Å². The number of hydroxylamine groups is 2. The van der Waals surface area contributed by atoms with Crippen molar-refractivity contribution in [2.24, 2.45) is 13.0 Å². The van der Waals surface area contributed by atoms with Gasteiger partial charge in [0, 0.05) is 35.7 Å². The number of aryl methyl sites for hydroxylation is 1. The fourth-order valence-electron chi connectivity index (χ4n) is 4.54. The molecule has 184 valence electrons. The van der Waals surface area contributed by atoms with E-state index >= 15 is 0 Å². The van der Waals surface area contributed by atoms with E-state index in [1.807, 2.05) is 43.5 Å². The molecule has 1 atom stereocenters. The highest BCUT2D eigenvalue weighted by molar-refractivity contribution is 7.19.